The molecule has 0 spiro atoms. The molecule has 12 heteroatoms. The van der Waals surface area contributed by atoms with Crippen molar-refractivity contribution in [1.29, 1.82) is 0 Å². The van der Waals surface area contributed by atoms with Gasteiger partial charge in [-0.25, -0.2) is 13.1 Å². The second-order valence-corrected chi connectivity index (χ2v) is 12.2. The van der Waals surface area contributed by atoms with Gasteiger partial charge in [-0.3, -0.25) is 4.79 Å². The zero-order valence-corrected chi connectivity index (χ0v) is 20.9. The SMILES string of the molecule is CCn1ncc(C(=O)C2CC(=NOC)c3c(C)ccc(C)c3S2(=O)=O)c1OS(=O)(=O)C(C)C. The number of carbonyl (C=O) groups is 1. The predicted octanol–water partition coefficient (Wildman–Crippen LogP) is 2.42. The molecule has 33 heavy (non-hydrogen) atoms. The third-order valence-corrected chi connectivity index (χ3v) is 9.28. The van der Waals surface area contributed by atoms with Crippen LogP contribution in [0.3, 0.4) is 0 Å². The smallest absolute Gasteiger partial charge is 0.313 e. The first-order valence-electron chi connectivity index (χ1n) is 10.3. The van der Waals surface area contributed by atoms with E-state index < -0.39 is 36.2 Å². The molecule has 1 aliphatic heterocycles. The van der Waals surface area contributed by atoms with Gasteiger partial charge in [-0.05, 0) is 45.7 Å². The lowest BCUT2D eigenvalue weighted by molar-refractivity contribution is 0.0985. The van der Waals surface area contributed by atoms with Crippen molar-refractivity contribution in [2.24, 2.45) is 5.16 Å². The highest BCUT2D eigenvalue weighted by molar-refractivity contribution is 7.93. The largest absolute Gasteiger partial charge is 0.399 e. The molecular formula is C21H27N3O7S2. The van der Waals surface area contributed by atoms with Crippen LogP contribution in [-0.4, -0.2) is 55.7 Å². The molecule has 2 aromatic rings. The standard InChI is InChI=1S/C21H27N3O7S2/c1-7-24-21(31-33(28,29)12(2)3)15(11-22-24)19(25)17-10-16(23-30-6)18-13(4)8-9-14(5)20(18)32(17,26)27/h8-9,11-12,17H,7,10H2,1-6H3. The van der Waals surface area contributed by atoms with E-state index in [0.29, 0.717) is 22.4 Å². The zero-order valence-electron chi connectivity index (χ0n) is 19.3. The van der Waals surface area contributed by atoms with Gasteiger partial charge in [0.2, 0.25) is 5.88 Å². The fourth-order valence-corrected chi connectivity index (χ4v) is 6.44. The average Bonchev–Trinajstić information content (AvgIpc) is 3.13. The Bertz CT molecular complexity index is 1340. The molecule has 0 N–H and O–H groups in total. The van der Waals surface area contributed by atoms with Gasteiger partial charge in [-0.15, -0.1) is 0 Å². The lowest BCUT2D eigenvalue weighted by Crippen LogP contribution is -2.39. The van der Waals surface area contributed by atoms with Crippen molar-refractivity contribution in [3.05, 3.63) is 40.6 Å². The summed E-state index contributed by atoms with van der Waals surface area (Å²) in [5.41, 5.74) is 1.68. The third-order valence-electron chi connectivity index (χ3n) is 5.51. The Morgan fingerprint density at radius 2 is 1.91 bits per heavy atom. The van der Waals surface area contributed by atoms with E-state index in [1.165, 1.54) is 25.6 Å². The number of rotatable bonds is 7. The van der Waals surface area contributed by atoms with Crippen LogP contribution < -0.4 is 4.18 Å². The Morgan fingerprint density at radius 1 is 1.27 bits per heavy atom. The van der Waals surface area contributed by atoms with Gasteiger partial charge in [0.15, 0.2) is 15.6 Å². The number of fused-ring (bicyclic) bond motifs is 1. The van der Waals surface area contributed by atoms with Crippen LogP contribution in [0.5, 0.6) is 5.88 Å². The minimum absolute atomic E-state index is 0.0167. The molecule has 10 nitrogen and oxygen atoms in total. The van der Waals surface area contributed by atoms with E-state index in [4.69, 9.17) is 9.02 Å². The molecule has 1 aromatic carbocycles. The highest BCUT2D eigenvalue weighted by Gasteiger charge is 2.45. The van der Waals surface area contributed by atoms with Crippen LogP contribution in [0.15, 0.2) is 28.4 Å². The Labute approximate surface area is 193 Å². The third kappa shape index (κ3) is 4.29. The van der Waals surface area contributed by atoms with Gasteiger partial charge in [0.05, 0.1) is 22.1 Å². The summed E-state index contributed by atoms with van der Waals surface area (Å²) in [6, 6.07) is 3.45. The average molecular weight is 498 g/mol. The predicted molar refractivity (Wildman–Crippen MR) is 122 cm³/mol. The summed E-state index contributed by atoms with van der Waals surface area (Å²) in [6.45, 7) is 8.18. The van der Waals surface area contributed by atoms with Crippen molar-refractivity contribution in [3.63, 3.8) is 0 Å². The molecule has 0 aliphatic carbocycles. The number of nitrogens with zero attached hydrogens (tertiary/aromatic N) is 3. The molecule has 0 fully saturated rings. The minimum Gasteiger partial charge on any atom is -0.399 e. The first kappa shape index (κ1) is 24.9. The number of aryl methyl sites for hydroxylation is 3. The van der Waals surface area contributed by atoms with Gasteiger partial charge in [0, 0.05) is 18.5 Å². The number of aromatic nitrogens is 2. The molecule has 1 aromatic heterocycles. The lowest BCUT2D eigenvalue weighted by Gasteiger charge is -2.27. The molecule has 1 aliphatic rings. The van der Waals surface area contributed by atoms with Crippen LogP contribution in [0.4, 0.5) is 0 Å². The fraction of sp³-hybridized carbons (Fsp3) is 0.476. The van der Waals surface area contributed by atoms with Gasteiger partial charge in [-0.1, -0.05) is 17.3 Å². The van der Waals surface area contributed by atoms with E-state index in [0.717, 1.165) is 6.20 Å². The summed E-state index contributed by atoms with van der Waals surface area (Å²) in [7, 11) is -6.85. The van der Waals surface area contributed by atoms with Crippen LogP contribution in [0.2, 0.25) is 0 Å². The monoisotopic (exact) mass is 497 g/mol. The van der Waals surface area contributed by atoms with Crippen LogP contribution >= 0.6 is 0 Å². The number of ketones is 1. The molecule has 0 saturated carbocycles. The summed E-state index contributed by atoms with van der Waals surface area (Å²) in [6.07, 6.45) is 0.901. The molecule has 0 saturated heterocycles. The molecule has 2 heterocycles. The van der Waals surface area contributed by atoms with Gasteiger partial charge in [0.1, 0.15) is 17.9 Å². The lowest BCUT2D eigenvalue weighted by atomic mass is 9.95. The minimum atomic E-state index is -4.14. The van der Waals surface area contributed by atoms with Crippen LogP contribution in [0.25, 0.3) is 0 Å². The van der Waals surface area contributed by atoms with Gasteiger partial charge < -0.3 is 9.02 Å². The number of hydrogen-bond acceptors (Lipinski definition) is 9. The van der Waals surface area contributed by atoms with E-state index in [2.05, 4.69) is 10.3 Å². The number of oxime groups is 1. The second kappa shape index (κ2) is 8.90. The first-order valence-corrected chi connectivity index (χ1v) is 13.4. The molecule has 1 unspecified atom stereocenters. The quantitative estimate of drug-likeness (QED) is 0.323. The molecular weight excluding hydrogens is 470 g/mol. The van der Waals surface area contributed by atoms with Crippen molar-refractivity contribution < 1.29 is 30.7 Å². The summed E-state index contributed by atoms with van der Waals surface area (Å²) >= 11 is 0. The van der Waals surface area contributed by atoms with Crippen LogP contribution in [0, 0.1) is 13.8 Å². The van der Waals surface area contributed by atoms with Gasteiger partial charge >= 0.3 is 10.1 Å². The van der Waals surface area contributed by atoms with Crippen molar-refractivity contribution >= 4 is 31.5 Å². The summed E-state index contributed by atoms with van der Waals surface area (Å²) in [5.74, 6) is -1.12. The van der Waals surface area contributed by atoms with E-state index in [1.54, 1.807) is 32.9 Å². The maximum atomic E-state index is 13.6. The summed E-state index contributed by atoms with van der Waals surface area (Å²) < 4.78 is 58.5. The summed E-state index contributed by atoms with van der Waals surface area (Å²) in [5, 5.41) is 5.61. The molecule has 0 radical (unpaired) electrons. The number of Topliss-reactive ketones (excluding diaryl/α,β-unsaturated/α-hetero) is 1. The Hall–Kier alpha value is -2.73. The van der Waals surface area contributed by atoms with Crippen molar-refractivity contribution in [2.45, 2.75) is 63.0 Å². The van der Waals surface area contributed by atoms with E-state index in [-0.39, 0.29) is 29.3 Å². The molecule has 3 rings (SSSR count). The van der Waals surface area contributed by atoms with E-state index in [1.807, 2.05) is 0 Å². The molecule has 1 atom stereocenters. The highest BCUT2D eigenvalue weighted by Crippen LogP contribution is 2.37. The number of hydrogen-bond donors (Lipinski definition) is 0. The van der Waals surface area contributed by atoms with Crippen molar-refractivity contribution in [3.8, 4) is 5.88 Å². The number of benzene rings is 1. The molecule has 0 amide bonds. The first-order chi connectivity index (χ1) is 15.4. The topological polar surface area (TPSA) is 134 Å². The normalized spacial score (nSPS) is 18.9. The van der Waals surface area contributed by atoms with Crippen molar-refractivity contribution in [1.82, 2.24) is 9.78 Å². The van der Waals surface area contributed by atoms with Crippen molar-refractivity contribution in [2.75, 3.05) is 7.11 Å². The van der Waals surface area contributed by atoms with E-state index in [9.17, 15) is 21.6 Å². The number of carbonyl (C=O) groups excluding carboxylic acids is 1. The maximum absolute atomic E-state index is 13.6. The maximum Gasteiger partial charge on any atom is 0.313 e. The fourth-order valence-electron chi connectivity index (χ4n) is 3.70. The van der Waals surface area contributed by atoms with Gasteiger partial charge in [-0.2, -0.15) is 13.5 Å². The Balaban J connectivity index is 2.19. The zero-order chi connectivity index (χ0) is 24.7. The van der Waals surface area contributed by atoms with Crippen LogP contribution in [-0.2, 0) is 31.3 Å². The van der Waals surface area contributed by atoms with Crippen LogP contribution in [0.1, 0.15) is 54.2 Å². The summed E-state index contributed by atoms with van der Waals surface area (Å²) in [4.78, 5) is 18.5. The molecule has 0 bridgehead atoms. The number of sulfone groups is 1. The Morgan fingerprint density at radius 3 is 2.48 bits per heavy atom. The highest BCUT2D eigenvalue weighted by atomic mass is 32.2. The Kier molecular flexibility index (Phi) is 6.72. The van der Waals surface area contributed by atoms with E-state index >= 15 is 0 Å². The van der Waals surface area contributed by atoms with Gasteiger partial charge in [0.25, 0.3) is 0 Å². The molecule has 180 valence electrons. The second-order valence-electron chi connectivity index (χ2n) is 8.03.